The molecule has 5 saturated heterocycles. The number of ether oxygens (including phenoxy) is 10. The standard InChI is InChI=1S/C54H56O22/c55-19-33-39(58)46-44(63)51(70-33)68-22-35-38(57)42(61)48(74-50(66)30-12-10-28-14-24-6-2-4-8-26(24)16-32(28)18-30)54(73-35)76-47-40(59)36(71-52(45(47)64)69-21-34-37(56)41(60)43(62)53(72-34)75-46)20-67-49(65)29-11-9-27-13-23-5-1-3-7-25(23)15-31(27)17-29/h1-18,33-48,51-64H,19-22H2/t33-,34-,35-,36-,37-,38-,39-,40-,41+,42+,43-,44-,45-,46+,47+,48-,51+,52+,53-,54-/m1/s1. The van der Waals surface area contributed by atoms with Crippen molar-refractivity contribution in [3.05, 3.63) is 120 Å². The first-order valence-corrected chi connectivity index (χ1v) is 24.8. The van der Waals surface area contributed by atoms with Crippen molar-refractivity contribution in [3.63, 3.8) is 0 Å². The summed E-state index contributed by atoms with van der Waals surface area (Å²) in [6, 6.07) is 32.7. The van der Waals surface area contributed by atoms with E-state index in [0.717, 1.165) is 37.7 Å². The number of carbonyl (C=O) groups is 2. The lowest BCUT2D eigenvalue weighted by atomic mass is 9.96. The normalized spacial score (nSPS) is 37.3. The van der Waals surface area contributed by atoms with E-state index < -0.39 is 161 Å². The van der Waals surface area contributed by atoms with Crippen molar-refractivity contribution in [2.45, 2.75) is 123 Å². The molecule has 5 aliphatic heterocycles. The van der Waals surface area contributed by atoms with E-state index in [1.54, 1.807) is 30.3 Å². The maximum atomic E-state index is 14.1. The largest absolute Gasteiger partial charge is 0.459 e. The molecule has 0 radical (unpaired) electrons. The molecule has 0 aliphatic carbocycles. The van der Waals surface area contributed by atoms with Gasteiger partial charge >= 0.3 is 11.9 Å². The van der Waals surface area contributed by atoms with E-state index in [2.05, 4.69) is 0 Å². The first kappa shape index (κ1) is 52.6. The van der Waals surface area contributed by atoms with Crippen LogP contribution in [0, 0.1) is 0 Å². The SMILES string of the molecule is O=C(OC[C@H]1O[C@@H]2OC[C@H]3O[C@H](O[C@@H]4[C@@H](O)[C@@H](OC[C@H]5O[C@H](O[C@H]([C@H]2O)[C@@H]1O)[C@H](OC(=O)c1ccc2cc6ccccc6cc2c1)[C@@H](O)[C@@H]5O)O[C@H](CO)[C@H]4O)[C@H](O)[C@@H](O)[C@@H]3O)c1ccc2cc3ccccc3cc2c1. The quantitative estimate of drug-likeness (QED) is 0.0752. The average Bonchev–Trinajstić information content (AvgIpc) is 3.43. The predicted molar refractivity (Wildman–Crippen MR) is 260 cm³/mol. The van der Waals surface area contributed by atoms with Crippen molar-refractivity contribution < 1.29 is 108 Å². The van der Waals surface area contributed by atoms with Gasteiger partial charge in [-0.3, -0.25) is 0 Å². The molecular weight excluding hydrogens is 1000 g/mol. The highest BCUT2D eigenvalue weighted by atomic mass is 16.8. The fourth-order valence-corrected chi connectivity index (χ4v) is 10.4. The first-order chi connectivity index (χ1) is 36.6. The fourth-order valence-electron chi connectivity index (χ4n) is 10.4. The Morgan fingerprint density at radius 3 is 1.41 bits per heavy atom. The van der Waals surface area contributed by atoms with Crippen LogP contribution in [0.5, 0.6) is 0 Å². The Labute approximate surface area is 431 Å². The molecule has 8 bridgehead atoms. The van der Waals surface area contributed by atoms with Gasteiger partial charge in [0.05, 0.1) is 30.9 Å². The Kier molecular flexibility index (Phi) is 15.1. The van der Waals surface area contributed by atoms with Gasteiger partial charge in [0, 0.05) is 0 Å². The zero-order valence-corrected chi connectivity index (χ0v) is 40.1. The minimum absolute atomic E-state index is 0.0178. The number of carbonyl (C=O) groups excluding carboxylic acids is 2. The topological polar surface area (TPSA) is 329 Å². The van der Waals surface area contributed by atoms with Gasteiger partial charge in [-0.05, 0) is 91.6 Å². The second kappa shape index (κ2) is 21.8. The van der Waals surface area contributed by atoms with Gasteiger partial charge in [0.2, 0.25) is 0 Å². The summed E-state index contributed by atoms with van der Waals surface area (Å²) in [6.07, 6.45) is -37.3. The van der Waals surface area contributed by atoms with Crippen molar-refractivity contribution in [1.29, 1.82) is 0 Å². The third-order valence-electron chi connectivity index (χ3n) is 14.7. The van der Waals surface area contributed by atoms with E-state index in [9.17, 15) is 60.7 Å². The number of rotatable bonds is 6. The summed E-state index contributed by atoms with van der Waals surface area (Å²) in [7, 11) is 0. The third-order valence-corrected chi connectivity index (χ3v) is 14.7. The molecular formula is C54H56O22. The van der Waals surface area contributed by atoms with Crippen LogP contribution < -0.4 is 0 Å². The van der Waals surface area contributed by atoms with Crippen molar-refractivity contribution in [1.82, 2.24) is 0 Å². The zero-order chi connectivity index (χ0) is 53.1. The summed E-state index contributed by atoms with van der Waals surface area (Å²) < 4.78 is 59.1. The monoisotopic (exact) mass is 1060 g/mol. The summed E-state index contributed by atoms with van der Waals surface area (Å²) in [4.78, 5) is 27.8. The summed E-state index contributed by atoms with van der Waals surface area (Å²) in [5.74, 6) is -1.84. The van der Waals surface area contributed by atoms with Crippen LogP contribution in [0.3, 0.4) is 0 Å². The lowest BCUT2D eigenvalue weighted by Gasteiger charge is -2.48. The van der Waals surface area contributed by atoms with Crippen LogP contribution in [0.4, 0.5) is 0 Å². The van der Waals surface area contributed by atoms with E-state index in [1.807, 2.05) is 72.8 Å². The van der Waals surface area contributed by atoms with E-state index >= 15 is 0 Å². The molecule has 5 heterocycles. The number of hydrogen-bond acceptors (Lipinski definition) is 22. The molecule has 0 saturated carbocycles. The van der Waals surface area contributed by atoms with Crippen LogP contribution in [0.1, 0.15) is 20.7 Å². The minimum atomic E-state index is -2.06. The molecule has 5 fully saturated rings. The molecule has 20 atom stereocenters. The van der Waals surface area contributed by atoms with Gasteiger partial charge in [-0.1, -0.05) is 60.7 Å². The number of benzene rings is 6. The number of esters is 2. The molecule has 0 aromatic heterocycles. The highest BCUT2D eigenvalue weighted by Crippen LogP contribution is 2.36. The van der Waals surface area contributed by atoms with Crippen molar-refractivity contribution in [2.24, 2.45) is 0 Å². The van der Waals surface area contributed by atoms with Gasteiger partial charge in [0.15, 0.2) is 31.3 Å². The second-order valence-electron chi connectivity index (χ2n) is 19.6. The third kappa shape index (κ3) is 10.2. The van der Waals surface area contributed by atoms with Gasteiger partial charge in [0.1, 0.15) is 98.2 Å². The zero-order valence-electron chi connectivity index (χ0n) is 40.1. The van der Waals surface area contributed by atoms with Crippen LogP contribution in [-0.2, 0) is 47.4 Å². The molecule has 11 rings (SSSR count). The Bertz CT molecular complexity index is 3070. The summed E-state index contributed by atoms with van der Waals surface area (Å²) in [5, 5.41) is 120. The molecule has 76 heavy (non-hydrogen) atoms. The molecule has 0 spiro atoms. The molecule has 0 amide bonds. The van der Waals surface area contributed by atoms with Crippen molar-refractivity contribution in [3.8, 4) is 0 Å². The molecule has 0 unspecified atom stereocenters. The maximum Gasteiger partial charge on any atom is 0.338 e. The first-order valence-electron chi connectivity index (χ1n) is 24.8. The summed E-state index contributed by atoms with van der Waals surface area (Å²) >= 11 is 0. The van der Waals surface area contributed by atoms with Crippen LogP contribution in [0.15, 0.2) is 109 Å². The number of aliphatic hydroxyl groups excluding tert-OH is 10. The van der Waals surface area contributed by atoms with Crippen molar-refractivity contribution in [2.75, 3.05) is 26.4 Å². The van der Waals surface area contributed by atoms with E-state index in [4.69, 9.17) is 47.4 Å². The van der Waals surface area contributed by atoms with Crippen molar-refractivity contribution >= 4 is 55.0 Å². The Balaban J connectivity index is 0.912. The molecule has 22 nitrogen and oxygen atoms in total. The van der Waals surface area contributed by atoms with Crippen LogP contribution in [0.2, 0.25) is 0 Å². The fraction of sp³-hybridized carbons (Fsp3) is 0.444. The minimum Gasteiger partial charge on any atom is -0.459 e. The smallest absolute Gasteiger partial charge is 0.338 e. The molecule has 10 N–H and O–H groups in total. The average molecular weight is 1060 g/mol. The summed E-state index contributed by atoms with van der Waals surface area (Å²) in [5.41, 5.74) is 0.161. The van der Waals surface area contributed by atoms with Gasteiger partial charge in [-0.25, -0.2) is 9.59 Å². The lowest BCUT2D eigenvalue weighted by molar-refractivity contribution is -0.383. The lowest BCUT2D eigenvalue weighted by Crippen LogP contribution is -2.67. The Morgan fingerprint density at radius 2 is 0.868 bits per heavy atom. The predicted octanol–water partition coefficient (Wildman–Crippen LogP) is -0.361. The molecule has 5 aliphatic rings. The van der Waals surface area contributed by atoms with Crippen LogP contribution in [0.25, 0.3) is 43.1 Å². The van der Waals surface area contributed by atoms with Gasteiger partial charge in [0.25, 0.3) is 0 Å². The number of fused-ring (bicyclic) bond motifs is 12. The van der Waals surface area contributed by atoms with E-state index in [0.29, 0.717) is 5.39 Å². The highest BCUT2D eigenvalue weighted by Gasteiger charge is 2.56. The number of aliphatic hydroxyl groups is 10. The van der Waals surface area contributed by atoms with Gasteiger partial charge in [-0.2, -0.15) is 0 Å². The van der Waals surface area contributed by atoms with E-state index in [-0.39, 0.29) is 11.1 Å². The second-order valence-corrected chi connectivity index (χ2v) is 19.6. The maximum absolute atomic E-state index is 14.1. The summed E-state index contributed by atoms with van der Waals surface area (Å²) in [6.45, 7) is -3.10. The van der Waals surface area contributed by atoms with Gasteiger partial charge in [-0.15, -0.1) is 0 Å². The Morgan fingerprint density at radius 1 is 0.421 bits per heavy atom. The molecule has 6 aromatic carbocycles. The number of hydrogen-bond donors (Lipinski definition) is 10. The van der Waals surface area contributed by atoms with Gasteiger partial charge < -0.3 is 98.4 Å². The highest BCUT2D eigenvalue weighted by molar-refractivity contribution is 6.03. The van der Waals surface area contributed by atoms with Crippen LogP contribution >= 0.6 is 0 Å². The van der Waals surface area contributed by atoms with Crippen LogP contribution in [-0.4, -0.2) is 212 Å². The molecule has 404 valence electrons. The molecule has 22 heteroatoms. The molecule has 6 aromatic rings. The van der Waals surface area contributed by atoms with E-state index in [1.165, 1.54) is 6.07 Å². The Hall–Kier alpha value is -5.42.